The van der Waals surface area contributed by atoms with E-state index in [2.05, 4.69) is 4.72 Å². The molecular weight excluding hydrogens is 408 g/mol. The van der Waals surface area contributed by atoms with Crippen LogP contribution in [0.25, 0.3) is 0 Å². The van der Waals surface area contributed by atoms with E-state index in [9.17, 15) is 18.0 Å². The summed E-state index contributed by atoms with van der Waals surface area (Å²) in [5.74, 6) is -0.515. The molecule has 3 rings (SSSR count). The van der Waals surface area contributed by atoms with E-state index in [4.69, 9.17) is 9.47 Å². The van der Waals surface area contributed by atoms with Crippen molar-refractivity contribution in [1.82, 2.24) is 4.90 Å². The van der Waals surface area contributed by atoms with Gasteiger partial charge in [-0.2, -0.15) is 0 Å². The van der Waals surface area contributed by atoms with Crippen molar-refractivity contribution in [3.05, 3.63) is 53.1 Å². The molecule has 9 heteroatoms. The fourth-order valence-corrected chi connectivity index (χ4v) is 4.44. The molecule has 1 aliphatic heterocycles. The molecule has 160 valence electrons. The first-order valence-electron chi connectivity index (χ1n) is 9.46. The summed E-state index contributed by atoms with van der Waals surface area (Å²) in [6, 6.07) is 8.76. The van der Waals surface area contributed by atoms with E-state index in [1.807, 2.05) is 0 Å². The van der Waals surface area contributed by atoms with Gasteiger partial charge >= 0.3 is 5.97 Å². The molecular formula is C21H24N2O6S. The van der Waals surface area contributed by atoms with Crippen LogP contribution >= 0.6 is 0 Å². The van der Waals surface area contributed by atoms with Gasteiger partial charge < -0.3 is 14.4 Å². The second kappa shape index (κ2) is 8.74. The molecule has 1 fully saturated rings. The largest absolute Gasteiger partial charge is 0.496 e. The number of amides is 1. The Morgan fingerprint density at radius 3 is 2.37 bits per heavy atom. The number of hydrogen-bond donors (Lipinski definition) is 1. The van der Waals surface area contributed by atoms with Gasteiger partial charge in [0.1, 0.15) is 5.75 Å². The van der Waals surface area contributed by atoms with Crippen LogP contribution in [0.15, 0.2) is 41.3 Å². The van der Waals surface area contributed by atoms with Crippen LogP contribution < -0.4 is 9.46 Å². The summed E-state index contributed by atoms with van der Waals surface area (Å²) < 4.78 is 38.5. The van der Waals surface area contributed by atoms with Crippen LogP contribution in [0.5, 0.6) is 5.75 Å². The predicted molar refractivity (Wildman–Crippen MR) is 111 cm³/mol. The standard InChI is InChI=1S/C21H24N2O6S/c1-14-6-7-15(21(25)29-3)12-18(14)22-30(26,27)16-8-9-19(28-2)17(13-16)20(24)23-10-4-5-11-23/h6-9,12-13,22H,4-5,10-11H2,1-3H3. The molecule has 1 amide bonds. The molecule has 0 atom stereocenters. The van der Waals surface area contributed by atoms with Crippen LogP contribution in [-0.4, -0.2) is 52.5 Å². The Morgan fingerprint density at radius 1 is 1.03 bits per heavy atom. The van der Waals surface area contributed by atoms with Crippen molar-refractivity contribution in [1.29, 1.82) is 0 Å². The number of aryl methyl sites for hydroxylation is 1. The number of sulfonamides is 1. The van der Waals surface area contributed by atoms with Crippen molar-refractivity contribution in [3.63, 3.8) is 0 Å². The number of likely N-dealkylation sites (tertiary alicyclic amines) is 1. The Bertz CT molecular complexity index is 1070. The van der Waals surface area contributed by atoms with E-state index in [0.717, 1.165) is 12.8 Å². The SMILES string of the molecule is COC(=O)c1ccc(C)c(NS(=O)(=O)c2ccc(OC)c(C(=O)N3CCCC3)c2)c1. The van der Waals surface area contributed by atoms with Gasteiger partial charge in [0.15, 0.2) is 0 Å². The number of hydrogen-bond acceptors (Lipinski definition) is 6. The molecule has 1 heterocycles. The first-order chi connectivity index (χ1) is 14.3. The van der Waals surface area contributed by atoms with Gasteiger partial charge in [0, 0.05) is 13.1 Å². The molecule has 0 aromatic heterocycles. The molecule has 2 aromatic rings. The molecule has 1 saturated heterocycles. The van der Waals surface area contributed by atoms with E-state index in [1.165, 1.54) is 38.5 Å². The smallest absolute Gasteiger partial charge is 0.337 e. The van der Waals surface area contributed by atoms with E-state index in [-0.39, 0.29) is 27.6 Å². The summed E-state index contributed by atoms with van der Waals surface area (Å²) in [4.78, 5) is 26.2. The molecule has 30 heavy (non-hydrogen) atoms. The molecule has 0 radical (unpaired) electrons. The Balaban J connectivity index is 1.96. The summed E-state index contributed by atoms with van der Waals surface area (Å²) >= 11 is 0. The van der Waals surface area contributed by atoms with E-state index >= 15 is 0 Å². The van der Waals surface area contributed by atoms with Crippen molar-refractivity contribution in [2.75, 3.05) is 32.0 Å². The van der Waals surface area contributed by atoms with E-state index in [0.29, 0.717) is 24.4 Å². The fraction of sp³-hybridized carbons (Fsp3) is 0.333. The normalized spacial score (nSPS) is 13.8. The van der Waals surface area contributed by atoms with Gasteiger partial charge in [-0.1, -0.05) is 6.07 Å². The number of nitrogens with one attached hydrogen (secondary N) is 1. The van der Waals surface area contributed by atoms with Crippen molar-refractivity contribution in [2.24, 2.45) is 0 Å². The second-order valence-corrected chi connectivity index (χ2v) is 8.67. The number of carbonyl (C=O) groups excluding carboxylic acids is 2. The fourth-order valence-electron chi connectivity index (χ4n) is 3.29. The van der Waals surface area contributed by atoms with Crippen molar-refractivity contribution in [2.45, 2.75) is 24.7 Å². The topological polar surface area (TPSA) is 102 Å². The number of methoxy groups -OCH3 is 2. The van der Waals surface area contributed by atoms with Gasteiger partial charge in [0.05, 0.1) is 35.9 Å². The third-order valence-corrected chi connectivity index (χ3v) is 6.37. The lowest BCUT2D eigenvalue weighted by Gasteiger charge is -2.18. The molecule has 0 aliphatic carbocycles. The minimum atomic E-state index is -4.02. The average molecular weight is 432 g/mol. The highest BCUT2D eigenvalue weighted by Crippen LogP contribution is 2.27. The maximum atomic E-state index is 13.0. The molecule has 0 spiro atoms. The van der Waals surface area contributed by atoms with Crippen molar-refractivity contribution < 1.29 is 27.5 Å². The maximum Gasteiger partial charge on any atom is 0.337 e. The number of nitrogens with zero attached hydrogens (tertiary/aromatic N) is 1. The molecule has 8 nitrogen and oxygen atoms in total. The monoisotopic (exact) mass is 432 g/mol. The second-order valence-electron chi connectivity index (χ2n) is 6.99. The van der Waals surface area contributed by atoms with Crippen LogP contribution in [-0.2, 0) is 14.8 Å². The highest BCUT2D eigenvalue weighted by atomic mass is 32.2. The van der Waals surface area contributed by atoms with Crippen molar-refractivity contribution >= 4 is 27.6 Å². The van der Waals surface area contributed by atoms with Gasteiger partial charge in [-0.3, -0.25) is 9.52 Å². The first kappa shape index (κ1) is 21.6. The van der Waals surface area contributed by atoms with Gasteiger partial charge in [0.2, 0.25) is 0 Å². The number of ether oxygens (including phenoxy) is 2. The minimum absolute atomic E-state index is 0.0753. The minimum Gasteiger partial charge on any atom is -0.496 e. The molecule has 1 aliphatic rings. The highest BCUT2D eigenvalue weighted by Gasteiger charge is 2.25. The third-order valence-electron chi connectivity index (χ3n) is 5.01. The predicted octanol–water partition coefficient (Wildman–Crippen LogP) is 2.83. The van der Waals surface area contributed by atoms with Gasteiger partial charge in [0.25, 0.3) is 15.9 Å². The van der Waals surface area contributed by atoms with Gasteiger partial charge in [-0.05, 0) is 55.7 Å². The number of benzene rings is 2. The highest BCUT2D eigenvalue weighted by molar-refractivity contribution is 7.92. The number of esters is 1. The van der Waals surface area contributed by atoms with Crippen molar-refractivity contribution in [3.8, 4) is 5.75 Å². The lowest BCUT2D eigenvalue weighted by molar-refractivity contribution is 0.0600. The Labute approximate surface area is 175 Å². The Morgan fingerprint density at radius 2 is 1.73 bits per heavy atom. The zero-order valence-corrected chi connectivity index (χ0v) is 17.9. The average Bonchev–Trinajstić information content (AvgIpc) is 3.28. The summed E-state index contributed by atoms with van der Waals surface area (Å²) in [5.41, 5.74) is 1.30. The zero-order chi connectivity index (χ0) is 21.9. The summed E-state index contributed by atoms with van der Waals surface area (Å²) in [6.07, 6.45) is 1.84. The molecule has 1 N–H and O–H groups in total. The Hall–Kier alpha value is -3.07. The summed E-state index contributed by atoms with van der Waals surface area (Å²) in [7, 11) is -1.33. The number of anilines is 1. The van der Waals surface area contributed by atoms with Crippen LogP contribution in [0.1, 0.15) is 39.1 Å². The third kappa shape index (κ3) is 4.40. The molecule has 0 bridgehead atoms. The van der Waals surface area contributed by atoms with Gasteiger partial charge in [-0.25, -0.2) is 13.2 Å². The first-order valence-corrected chi connectivity index (χ1v) is 10.9. The van der Waals surface area contributed by atoms with E-state index < -0.39 is 16.0 Å². The van der Waals surface area contributed by atoms with Crippen LogP contribution in [0.4, 0.5) is 5.69 Å². The van der Waals surface area contributed by atoms with Crippen LogP contribution in [0.2, 0.25) is 0 Å². The molecule has 0 unspecified atom stereocenters. The van der Waals surface area contributed by atoms with Gasteiger partial charge in [-0.15, -0.1) is 0 Å². The number of rotatable bonds is 6. The molecule has 2 aromatic carbocycles. The molecule has 0 saturated carbocycles. The maximum absolute atomic E-state index is 13.0. The quantitative estimate of drug-likeness (QED) is 0.705. The number of carbonyl (C=O) groups is 2. The summed E-state index contributed by atoms with van der Waals surface area (Å²) in [6.45, 7) is 2.99. The summed E-state index contributed by atoms with van der Waals surface area (Å²) in [5, 5.41) is 0. The van der Waals surface area contributed by atoms with Crippen LogP contribution in [0.3, 0.4) is 0 Å². The lowest BCUT2D eigenvalue weighted by Crippen LogP contribution is -2.28. The van der Waals surface area contributed by atoms with Crippen LogP contribution in [0, 0.1) is 6.92 Å². The zero-order valence-electron chi connectivity index (χ0n) is 17.1. The Kier molecular flexibility index (Phi) is 6.31. The van der Waals surface area contributed by atoms with E-state index in [1.54, 1.807) is 24.0 Å². The lowest BCUT2D eigenvalue weighted by atomic mass is 10.1.